The molecule has 0 spiro atoms. The zero-order chi connectivity index (χ0) is 31.7. The number of nitrogens with two attached hydrogens (primary N) is 1. The lowest BCUT2D eigenvalue weighted by Crippen LogP contribution is -2.45. The molecule has 3 aromatic rings. The van der Waals surface area contributed by atoms with E-state index in [4.69, 9.17) is 19.9 Å². The summed E-state index contributed by atoms with van der Waals surface area (Å²) in [7, 11) is 0. The number of hydrogen-bond donors (Lipinski definition) is 4. The number of carbonyl (C=O) groups excluding carboxylic acids is 2. The molecule has 45 heavy (non-hydrogen) atoms. The summed E-state index contributed by atoms with van der Waals surface area (Å²) in [5.74, 6) is 0.599. The minimum absolute atomic E-state index is 0.0224. The molecule has 1 aliphatic rings. The van der Waals surface area contributed by atoms with Crippen molar-refractivity contribution in [1.82, 2.24) is 15.5 Å². The summed E-state index contributed by atoms with van der Waals surface area (Å²) in [4.78, 5) is 29.3. The molecule has 0 bridgehead atoms. The molecule has 1 fully saturated rings. The Kier molecular flexibility index (Phi) is 14.1. The van der Waals surface area contributed by atoms with Crippen LogP contribution in [0.5, 0.6) is 11.5 Å². The number of amides is 2. The molecule has 0 radical (unpaired) electrons. The van der Waals surface area contributed by atoms with Crippen LogP contribution in [0.1, 0.15) is 42.0 Å². The van der Waals surface area contributed by atoms with Gasteiger partial charge in [-0.25, -0.2) is 0 Å². The first-order valence-electron chi connectivity index (χ1n) is 15.7. The number of rotatable bonds is 21. The molecule has 3 aromatic carbocycles. The summed E-state index contributed by atoms with van der Waals surface area (Å²) in [6, 6.07) is 23.3. The number of phenolic OH excluding ortho intramolecular Hbond substituents is 1. The van der Waals surface area contributed by atoms with Crippen molar-refractivity contribution in [3.8, 4) is 11.5 Å². The third-order valence-electron chi connectivity index (χ3n) is 7.43. The quantitative estimate of drug-likeness (QED) is 0.134. The number of hydrogen-bond acceptors (Lipinski definition) is 8. The number of nitrogens with zero attached hydrogens (tertiary/aromatic N) is 1. The second-order valence-electron chi connectivity index (χ2n) is 11.0. The molecule has 1 atom stereocenters. The van der Waals surface area contributed by atoms with Crippen molar-refractivity contribution in [2.45, 2.75) is 44.3 Å². The lowest BCUT2D eigenvalue weighted by atomic mass is 10.0. The maximum Gasteiger partial charge on any atom is 0.247 e. The first kappa shape index (κ1) is 33.9. The number of carbonyl (C=O) groups is 2. The highest BCUT2D eigenvalue weighted by Crippen LogP contribution is 2.36. The second kappa shape index (κ2) is 18.8. The minimum atomic E-state index is -0.759. The molecular formula is C35H46N4O6. The van der Waals surface area contributed by atoms with Gasteiger partial charge < -0.3 is 40.6 Å². The van der Waals surface area contributed by atoms with Gasteiger partial charge in [0.05, 0.1) is 26.4 Å². The van der Waals surface area contributed by atoms with Gasteiger partial charge >= 0.3 is 0 Å². The number of aryl methyl sites for hydroxylation is 1. The number of nitrogens with one attached hydrogen (secondary N) is 2. The Morgan fingerprint density at radius 3 is 2.22 bits per heavy atom. The summed E-state index contributed by atoms with van der Waals surface area (Å²) < 4.78 is 16.7. The van der Waals surface area contributed by atoms with Gasteiger partial charge in [0.2, 0.25) is 11.8 Å². The normalized spacial score (nSPS) is 13.3. The predicted molar refractivity (Wildman–Crippen MR) is 173 cm³/mol. The average molecular weight is 619 g/mol. The van der Waals surface area contributed by atoms with Crippen LogP contribution in [0.4, 0.5) is 0 Å². The zero-order valence-electron chi connectivity index (χ0n) is 25.9. The maximum atomic E-state index is 13.8. The zero-order valence-corrected chi connectivity index (χ0v) is 25.9. The third kappa shape index (κ3) is 11.8. The molecule has 0 saturated heterocycles. The molecule has 0 aliphatic heterocycles. The number of aromatic hydroxyl groups is 1. The molecule has 4 rings (SSSR count). The Labute approximate surface area is 265 Å². The fourth-order valence-corrected chi connectivity index (χ4v) is 4.94. The topological polar surface area (TPSA) is 135 Å². The molecule has 5 N–H and O–H groups in total. The SMILES string of the molecule is NCCOCCOCCNCCOc1ccc(C(C(=O)NCc2ccccc2)N(C(=O)CCc2ccc(O)cc2)C2CC2)cc1. The van der Waals surface area contributed by atoms with E-state index in [-0.39, 0.29) is 30.0 Å². The van der Waals surface area contributed by atoms with Gasteiger partial charge in [-0.05, 0) is 60.2 Å². The Bertz CT molecular complexity index is 1290. The summed E-state index contributed by atoms with van der Waals surface area (Å²) in [5, 5.41) is 15.9. The average Bonchev–Trinajstić information content (AvgIpc) is 3.91. The molecule has 1 aliphatic carbocycles. The summed E-state index contributed by atoms with van der Waals surface area (Å²) in [5.41, 5.74) is 8.07. The van der Waals surface area contributed by atoms with Crippen LogP contribution in [-0.4, -0.2) is 80.5 Å². The van der Waals surface area contributed by atoms with Gasteiger partial charge in [-0.2, -0.15) is 0 Å². The molecule has 1 saturated carbocycles. The third-order valence-corrected chi connectivity index (χ3v) is 7.43. The second-order valence-corrected chi connectivity index (χ2v) is 11.0. The van der Waals surface area contributed by atoms with E-state index in [0.29, 0.717) is 71.4 Å². The van der Waals surface area contributed by atoms with Gasteiger partial charge in [0.25, 0.3) is 0 Å². The Morgan fingerprint density at radius 1 is 0.844 bits per heavy atom. The first-order chi connectivity index (χ1) is 22.0. The Balaban J connectivity index is 1.34. The van der Waals surface area contributed by atoms with Crippen LogP contribution in [-0.2, 0) is 32.0 Å². The highest BCUT2D eigenvalue weighted by molar-refractivity contribution is 5.89. The maximum absolute atomic E-state index is 13.8. The molecule has 10 heteroatoms. The largest absolute Gasteiger partial charge is 0.508 e. The summed E-state index contributed by atoms with van der Waals surface area (Å²) in [6.45, 7) is 4.93. The van der Waals surface area contributed by atoms with E-state index in [9.17, 15) is 14.7 Å². The van der Waals surface area contributed by atoms with Crippen LogP contribution in [0.2, 0.25) is 0 Å². The fourth-order valence-electron chi connectivity index (χ4n) is 4.94. The van der Waals surface area contributed by atoms with Gasteiger partial charge in [-0.15, -0.1) is 0 Å². The van der Waals surface area contributed by atoms with Crippen molar-refractivity contribution in [2.75, 3.05) is 52.7 Å². The number of phenols is 1. The smallest absolute Gasteiger partial charge is 0.247 e. The Hall–Kier alpha value is -3.96. The van der Waals surface area contributed by atoms with E-state index < -0.39 is 6.04 Å². The van der Waals surface area contributed by atoms with E-state index in [2.05, 4.69) is 10.6 Å². The molecule has 242 valence electrons. The molecule has 0 heterocycles. The summed E-state index contributed by atoms with van der Waals surface area (Å²) >= 11 is 0. The predicted octanol–water partition coefficient (Wildman–Crippen LogP) is 3.33. The molecule has 1 unspecified atom stereocenters. The van der Waals surface area contributed by atoms with E-state index in [1.165, 1.54) is 0 Å². The van der Waals surface area contributed by atoms with Crippen LogP contribution in [0.25, 0.3) is 0 Å². The van der Waals surface area contributed by atoms with Crippen molar-refractivity contribution in [3.63, 3.8) is 0 Å². The van der Waals surface area contributed by atoms with Crippen molar-refractivity contribution in [1.29, 1.82) is 0 Å². The monoisotopic (exact) mass is 618 g/mol. The lowest BCUT2D eigenvalue weighted by molar-refractivity contribution is -0.141. The van der Waals surface area contributed by atoms with Crippen LogP contribution in [0.3, 0.4) is 0 Å². The number of ether oxygens (including phenoxy) is 3. The summed E-state index contributed by atoms with van der Waals surface area (Å²) in [6.07, 6.45) is 2.53. The molecule has 2 amide bonds. The van der Waals surface area contributed by atoms with Crippen molar-refractivity contribution in [3.05, 3.63) is 95.6 Å². The van der Waals surface area contributed by atoms with Crippen LogP contribution in [0, 0.1) is 0 Å². The van der Waals surface area contributed by atoms with Gasteiger partial charge in [0, 0.05) is 38.6 Å². The van der Waals surface area contributed by atoms with Crippen molar-refractivity contribution in [2.24, 2.45) is 5.73 Å². The van der Waals surface area contributed by atoms with Crippen LogP contribution in [0.15, 0.2) is 78.9 Å². The number of benzene rings is 3. The standard InChI is InChI=1S/C35H46N4O6/c36-18-21-43-24-25-44-22-19-37-20-23-45-32-15-9-29(10-16-32)34(35(42)38-26-28-4-2-1-3-5-28)39(30-11-12-30)33(41)17-8-27-6-13-31(40)14-7-27/h1-7,9-10,13-16,30,34,37,40H,8,11-12,17-26,36H2,(H,38,42). The Morgan fingerprint density at radius 2 is 1.53 bits per heavy atom. The van der Waals surface area contributed by atoms with Crippen LogP contribution < -0.4 is 21.1 Å². The lowest BCUT2D eigenvalue weighted by Gasteiger charge is -2.32. The molecule has 0 aromatic heterocycles. The van der Waals surface area contributed by atoms with Gasteiger partial charge in [-0.3, -0.25) is 9.59 Å². The fraction of sp³-hybridized carbons (Fsp3) is 0.429. The van der Waals surface area contributed by atoms with Gasteiger partial charge in [0.1, 0.15) is 24.1 Å². The van der Waals surface area contributed by atoms with E-state index in [1.54, 1.807) is 17.0 Å². The molecule has 10 nitrogen and oxygen atoms in total. The van der Waals surface area contributed by atoms with E-state index >= 15 is 0 Å². The van der Waals surface area contributed by atoms with Crippen molar-refractivity contribution >= 4 is 11.8 Å². The first-order valence-corrected chi connectivity index (χ1v) is 15.7. The van der Waals surface area contributed by atoms with Gasteiger partial charge in [0.15, 0.2) is 0 Å². The van der Waals surface area contributed by atoms with E-state index in [0.717, 1.165) is 29.5 Å². The highest BCUT2D eigenvalue weighted by atomic mass is 16.5. The van der Waals surface area contributed by atoms with E-state index in [1.807, 2.05) is 66.7 Å². The van der Waals surface area contributed by atoms with Gasteiger partial charge in [-0.1, -0.05) is 54.6 Å². The van der Waals surface area contributed by atoms with Crippen LogP contribution >= 0.6 is 0 Å². The minimum Gasteiger partial charge on any atom is -0.508 e. The highest BCUT2D eigenvalue weighted by Gasteiger charge is 2.41. The molecular weight excluding hydrogens is 572 g/mol. The van der Waals surface area contributed by atoms with Crippen molar-refractivity contribution < 1.29 is 28.9 Å².